The van der Waals surface area contributed by atoms with Crippen LogP contribution in [0.5, 0.6) is 0 Å². The number of carbonyl (C=O) groups excluding carboxylic acids is 2. The van der Waals surface area contributed by atoms with Crippen LogP contribution in [0.2, 0.25) is 0 Å². The summed E-state index contributed by atoms with van der Waals surface area (Å²) in [6.07, 6.45) is 4.56. The second-order valence-corrected chi connectivity index (χ2v) is 5.79. The van der Waals surface area contributed by atoms with Crippen LogP contribution >= 0.6 is 0 Å². The van der Waals surface area contributed by atoms with Crippen molar-refractivity contribution in [3.05, 3.63) is 36.0 Å². The van der Waals surface area contributed by atoms with Gasteiger partial charge in [-0.25, -0.2) is 0 Å². The molecule has 0 aromatic rings. The first-order valence-corrected chi connectivity index (χ1v) is 6.94. The summed E-state index contributed by atoms with van der Waals surface area (Å²) in [6.45, 7) is 12.0. The van der Waals surface area contributed by atoms with Crippen molar-refractivity contribution in [2.45, 2.75) is 59.2 Å². The molecule has 0 aliphatic rings. The van der Waals surface area contributed by atoms with Crippen molar-refractivity contribution in [3.63, 3.8) is 0 Å². The molecule has 0 aliphatic carbocycles. The van der Waals surface area contributed by atoms with Gasteiger partial charge in [-0.15, -0.1) is 6.58 Å². The molecule has 2 atom stereocenters. The lowest BCUT2D eigenvalue weighted by molar-refractivity contribution is -0.145. The summed E-state index contributed by atoms with van der Waals surface area (Å²) < 4.78 is 5.17. The van der Waals surface area contributed by atoms with E-state index in [1.807, 2.05) is 13.8 Å². The molecule has 0 aromatic carbocycles. The van der Waals surface area contributed by atoms with E-state index in [-0.39, 0.29) is 18.6 Å². The van der Waals surface area contributed by atoms with Crippen LogP contribution in [0.4, 0.5) is 0 Å². The average molecular weight is 294 g/mol. The zero-order chi connectivity index (χ0) is 16.6. The van der Waals surface area contributed by atoms with E-state index in [0.717, 1.165) is 11.1 Å². The Morgan fingerprint density at radius 2 is 1.86 bits per heavy atom. The number of carbonyl (C=O) groups is 2. The van der Waals surface area contributed by atoms with Gasteiger partial charge in [0, 0.05) is 19.8 Å². The Balaban J connectivity index is 4.96. The van der Waals surface area contributed by atoms with Crippen LogP contribution in [0.3, 0.4) is 0 Å². The van der Waals surface area contributed by atoms with Gasteiger partial charge in [0.15, 0.2) is 5.78 Å². The van der Waals surface area contributed by atoms with Gasteiger partial charge in [0.05, 0.1) is 5.60 Å². The fourth-order valence-corrected chi connectivity index (χ4v) is 1.86. The van der Waals surface area contributed by atoms with Gasteiger partial charge in [-0.05, 0) is 39.8 Å². The van der Waals surface area contributed by atoms with Crippen LogP contribution in [0, 0.1) is 0 Å². The molecule has 0 aromatic heterocycles. The monoisotopic (exact) mass is 294 g/mol. The molecule has 2 unspecified atom stereocenters. The molecular formula is C17H26O4. The molecule has 0 amide bonds. The van der Waals surface area contributed by atoms with Gasteiger partial charge >= 0.3 is 5.97 Å². The number of hydrogen-bond acceptors (Lipinski definition) is 4. The number of ketones is 1. The minimum Gasteiger partial charge on any atom is -0.458 e. The fraction of sp³-hybridized carbons (Fsp3) is 0.529. The molecule has 0 saturated heterocycles. The Labute approximate surface area is 127 Å². The van der Waals surface area contributed by atoms with Crippen LogP contribution in [0.1, 0.15) is 47.5 Å². The molecule has 4 nitrogen and oxygen atoms in total. The van der Waals surface area contributed by atoms with E-state index in [2.05, 4.69) is 6.58 Å². The average Bonchev–Trinajstić information content (AvgIpc) is 2.25. The lowest BCUT2D eigenvalue weighted by Gasteiger charge is -2.23. The third-order valence-corrected chi connectivity index (χ3v) is 2.74. The minimum atomic E-state index is -1.14. The van der Waals surface area contributed by atoms with E-state index in [1.165, 1.54) is 13.0 Å². The van der Waals surface area contributed by atoms with Crippen molar-refractivity contribution in [1.82, 2.24) is 0 Å². The molecular weight excluding hydrogens is 268 g/mol. The standard InChI is InChI=1S/C17H26O4/c1-7-17(6,20)11-16(21-14(5)18)10-13(4)9-15(19)8-12(2)3/h7-8,10,16,20H,1,9,11H2,2-6H3/b13-10+. The maximum absolute atomic E-state index is 11.7. The van der Waals surface area contributed by atoms with Crippen LogP contribution in [0.15, 0.2) is 36.0 Å². The summed E-state index contributed by atoms with van der Waals surface area (Å²) in [4.78, 5) is 22.9. The highest BCUT2D eigenvalue weighted by Gasteiger charge is 2.23. The van der Waals surface area contributed by atoms with E-state index < -0.39 is 17.7 Å². The number of allylic oxidation sites excluding steroid dienone is 3. The molecule has 0 aliphatic heterocycles. The SMILES string of the molecule is C=CC(C)(O)CC(/C=C(\C)CC(=O)C=C(C)C)OC(C)=O. The number of aliphatic hydroxyl groups is 1. The van der Waals surface area contributed by atoms with Gasteiger partial charge in [-0.1, -0.05) is 17.2 Å². The fourth-order valence-electron chi connectivity index (χ4n) is 1.86. The Kier molecular flexibility index (Phi) is 7.89. The minimum absolute atomic E-state index is 0.000746. The molecule has 0 heterocycles. The van der Waals surface area contributed by atoms with Gasteiger partial charge in [-0.3, -0.25) is 9.59 Å². The van der Waals surface area contributed by atoms with Gasteiger partial charge in [0.1, 0.15) is 6.10 Å². The molecule has 21 heavy (non-hydrogen) atoms. The zero-order valence-electron chi connectivity index (χ0n) is 13.6. The molecule has 0 rings (SSSR count). The van der Waals surface area contributed by atoms with Crippen molar-refractivity contribution >= 4 is 11.8 Å². The van der Waals surface area contributed by atoms with E-state index in [1.54, 1.807) is 26.0 Å². The number of rotatable bonds is 8. The largest absolute Gasteiger partial charge is 0.458 e. The first kappa shape index (κ1) is 19.3. The van der Waals surface area contributed by atoms with E-state index in [4.69, 9.17) is 4.74 Å². The lowest BCUT2D eigenvalue weighted by atomic mass is 9.96. The lowest BCUT2D eigenvalue weighted by Crippen LogP contribution is -2.29. The summed E-state index contributed by atoms with van der Waals surface area (Å²) in [5.41, 5.74) is 0.600. The first-order chi connectivity index (χ1) is 9.55. The first-order valence-electron chi connectivity index (χ1n) is 6.94. The third kappa shape index (κ3) is 9.79. The van der Waals surface area contributed by atoms with Crippen molar-refractivity contribution in [2.24, 2.45) is 0 Å². The van der Waals surface area contributed by atoms with Gasteiger partial charge < -0.3 is 9.84 Å². The summed E-state index contributed by atoms with van der Waals surface area (Å²) in [6, 6.07) is 0. The van der Waals surface area contributed by atoms with E-state index in [0.29, 0.717) is 0 Å². The maximum atomic E-state index is 11.7. The Bertz CT molecular complexity index is 451. The summed E-state index contributed by atoms with van der Waals surface area (Å²) in [5, 5.41) is 10.0. The van der Waals surface area contributed by atoms with Gasteiger partial charge in [0.25, 0.3) is 0 Å². The second-order valence-electron chi connectivity index (χ2n) is 5.79. The second kappa shape index (κ2) is 8.57. The number of ether oxygens (including phenoxy) is 1. The van der Waals surface area contributed by atoms with Gasteiger partial charge in [0.2, 0.25) is 0 Å². The van der Waals surface area contributed by atoms with E-state index >= 15 is 0 Å². The molecule has 1 N–H and O–H groups in total. The zero-order valence-corrected chi connectivity index (χ0v) is 13.6. The molecule has 0 fully saturated rings. The van der Waals surface area contributed by atoms with E-state index in [9.17, 15) is 14.7 Å². The summed E-state index contributed by atoms with van der Waals surface area (Å²) >= 11 is 0. The molecule has 0 saturated carbocycles. The van der Waals surface area contributed by atoms with Crippen molar-refractivity contribution < 1.29 is 19.4 Å². The predicted molar refractivity (Wildman–Crippen MR) is 83.8 cm³/mol. The van der Waals surface area contributed by atoms with Crippen molar-refractivity contribution in [2.75, 3.05) is 0 Å². The van der Waals surface area contributed by atoms with Crippen LogP contribution in [0.25, 0.3) is 0 Å². The molecule has 0 bridgehead atoms. The van der Waals surface area contributed by atoms with Crippen molar-refractivity contribution in [3.8, 4) is 0 Å². The molecule has 0 radical (unpaired) electrons. The summed E-state index contributed by atoms with van der Waals surface area (Å²) in [5.74, 6) is -0.430. The number of hydrogen-bond donors (Lipinski definition) is 1. The predicted octanol–water partition coefficient (Wildman–Crippen LogP) is 3.12. The Hall–Kier alpha value is -1.68. The van der Waals surface area contributed by atoms with Crippen LogP contribution in [-0.2, 0) is 14.3 Å². The highest BCUT2D eigenvalue weighted by Crippen LogP contribution is 2.18. The Morgan fingerprint density at radius 1 is 1.29 bits per heavy atom. The topological polar surface area (TPSA) is 63.6 Å². The Morgan fingerprint density at radius 3 is 2.29 bits per heavy atom. The molecule has 0 spiro atoms. The summed E-state index contributed by atoms with van der Waals surface area (Å²) in [7, 11) is 0. The van der Waals surface area contributed by atoms with Crippen LogP contribution < -0.4 is 0 Å². The van der Waals surface area contributed by atoms with Gasteiger partial charge in [-0.2, -0.15) is 0 Å². The highest BCUT2D eigenvalue weighted by atomic mass is 16.5. The highest BCUT2D eigenvalue weighted by molar-refractivity contribution is 5.91. The maximum Gasteiger partial charge on any atom is 0.303 e. The normalized spacial score (nSPS) is 15.6. The van der Waals surface area contributed by atoms with Crippen LogP contribution in [-0.4, -0.2) is 28.6 Å². The third-order valence-electron chi connectivity index (χ3n) is 2.74. The smallest absolute Gasteiger partial charge is 0.303 e. The molecule has 118 valence electrons. The quantitative estimate of drug-likeness (QED) is 0.424. The molecule has 4 heteroatoms. The van der Waals surface area contributed by atoms with Crippen molar-refractivity contribution in [1.29, 1.82) is 0 Å². The number of esters is 1.